The van der Waals surface area contributed by atoms with E-state index < -0.39 is 0 Å². The normalized spacial score (nSPS) is 11.1. The van der Waals surface area contributed by atoms with Crippen LogP contribution in [-0.4, -0.2) is 16.0 Å². The smallest absolute Gasteiger partial charge is 0.160 e. The minimum atomic E-state index is 0.395. The van der Waals surface area contributed by atoms with Crippen molar-refractivity contribution >= 4 is 39.7 Å². The molecule has 0 saturated carbocycles. The SMILES string of the molecule is CC(C)Nc1ccc2[nH]c(=S)sc2n1. The van der Waals surface area contributed by atoms with Crippen molar-refractivity contribution in [3.8, 4) is 0 Å². The van der Waals surface area contributed by atoms with Gasteiger partial charge >= 0.3 is 0 Å². The Labute approximate surface area is 91.2 Å². The van der Waals surface area contributed by atoms with E-state index >= 15 is 0 Å². The molecule has 0 unspecified atom stereocenters. The standard InChI is InChI=1S/C9H11N3S2/c1-5(2)10-7-4-3-6-8(12-7)14-9(13)11-6/h3-5H,1-2H3,(H,10,12)(H,11,13). The summed E-state index contributed by atoms with van der Waals surface area (Å²) in [7, 11) is 0. The zero-order chi connectivity index (χ0) is 10.1. The van der Waals surface area contributed by atoms with Crippen molar-refractivity contribution < 1.29 is 0 Å². The summed E-state index contributed by atoms with van der Waals surface area (Å²) >= 11 is 6.55. The maximum absolute atomic E-state index is 5.05. The molecule has 0 spiro atoms. The van der Waals surface area contributed by atoms with Crippen molar-refractivity contribution in [2.45, 2.75) is 19.9 Å². The Morgan fingerprint density at radius 1 is 1.50 bits per heavy atom. The van der Waals surface area contributed by atoms with Crippen LogP contribution in [-0.2, 0) is 0 Å². The third-order valence-electron chi connectivity index (χ3n) is 1.72. The van der Waals surface area contributed by atoms with E-state index in [1.165, 1.54) is 11.3 Å². The van der Waals surface area contributed by atoms with Crippen LogP contribution in [0.15, 0.2) is 12.1 Å². The van der Waals surface area contributed by atoms with Gasteiger partial charge in [0, 0.05) is 6.04 Å². The summed E-state index contributed by atoms with van der Waals surface area (Å²) in [6.45, 7) is 4.18. The van der Waals surface area contributed by atoms with Crippen LogP contribution in [0.25, 0.3) is 10.3 Å². The molecular weight excluding hydrogens is 214 g/mol. The molecule has 2 aromatic heterocycles. The fraction of sp³-hybridized carbons (Fsp3) is 0.333. The highest BCUT2D eigenvalue weighted by Gasteiger charge is 2.01. The molecule has 74 valence electrons. The fourth-order valence-corrected chi connectivity index (χ4v) is 2.27. The second kappa shape index (κ2) is 3.67. The predicted molar refractivity (Wildman–Crippen MR) is 63.6 cm³/mol. The molecule has 2 heterocycles. The number of hydrogen-bond donors (Lipinski definition) is 2. The molecule has 0 aliphatic rings. The van der Waals surface area contributed by atoms with E-state index in [2.05, 4.69) is 29.1 Å². The molecule has 2 N–H and O–H groups in total. The van der Waals surface area contributed by atoms with Gasteiger partial charge in [0.05, 0.1) is 5.52 Å². The van der Waals surface area contributed by atoms with Gasteiger partial charge in [-0.15, -0.1) is 0 Å². The van der Waals surface area contributed by atoms with Crippen LogP contribution >= 0.6 is 23.6 Å². The molecule has 2 aromatic rings. The first-order valence-corrected chi connectivity index (χ1v) is 5.64. The Morgan fingerprint density at radius 3 is 3.00 bits per heavy atom. The number of thiazole rings is 1. The maximum atomic E-state index is 5.05. The molecule has 5 heteroatoms. The number of hydrogen-bond acceptors (Lipinski definition) is 4. The highest BCUT2D eigenvalue weighted by molar-refractivity contribution is 7.73. The molecule has 0 atom stereocenters. The van der Waals surface area contributed by atoms with E-state index in [-0.39, 0.29) is 0 Å². The first-order valence-electron chi connectivity index (χ1n) is 4.41. The van der Waals surface area contributed by atoms with Crippen LogP contribution in [0, 0.1) is 3.95 Å². The Kier molecular flexibility index (Phi) is 2.52. The minimum Gasteiger partial charge on any atom is -0.368 e. The van der Waals surface area contributed by atoms with E-state index in [4.69, 9.17) is 12.2 Å². The largest absolute Gasteiger partial charge is 0.368 e. The number of aromatic amines is 1. The van der Waals surface area contributed by atoms with Gasteiger partial charge in [0.25, 0.3) is 0 Å². The van der Waals surface area contributed by atoms with Crippen molar-refractivity contribution in [3.05, 3.63) is 16.1 Å². The van der Waals surface area contributed by atoms with Gasteiger partial charge < -0.3 is 10.3 Å². The summed E-state index contributed by atoms with van der Waals surface area (Å²) in [5.74, 6) is 0.901. The molecule has 0 amide bonds. The van der Waals surface area contributed by atoms with E-state index in [0.29, 0.717) is 6.04 Å². The zero-order valence-corrected chi connectivity index (χ0v) is 9.63. The van der Waals surface area contributed by atoms with Crippen molar-refractivity contribution in [1.29, 1.82) is 0 Å². The lowest BCUT2D eigenvalue weighted by molar-refractivity contribution is 0.891. The zero-order valence-electron chi connectivity index (χ0n) is 8.00. The second-order valence-electron chi connectivity index (χ2n) is 3.36. The highest BCUT2D eigenvalue weighted by Crippen LogP contribution is 2.19. The van der Waals surface area contributed by atoms with E-state index in [1.54, 1.807) is 0 Å². The fourth-order valence-electron chi connectivity index (χ4n) is 1.21. The van der Waals surface area contributed by atoms with Gasteiger partial charge in [-0.25, -0.2) is 4.98 Å². The van der Waals surface area contributed by atoms with Crippen molar-refractivity contribution in [3.63, 3.8) is 0 Å². The predicted octanol–water partition coefficient (Wildman–Crippen LogP) is 3.17. The van der Waals surface area contributed by atoms with E-state index in [0.717, 1.165) is 20.1 Å². The van der Waals surface area contributed by atoms with Crippen molar-refractivity contribution in [2.24, 2.45) is 0 Å². The summed E-state index contributed by atoms with van der Waals surface area (Å²) in [6.07, 6.45) is 0. The molecule has 14 heavy (non-hydrogen) atoms. The second-order valence-corrected chi connectivity index (χ2v) is 5.03. The van der Waals surface area contributed by atoms with Gasteiger partial charge in [0.1, 0.15) is 10.6 Å². The monoisotopic (exact) mass is 225 g/mol. The van der Waals surface area contributed by atoms with Gasteiger partial charge in [0.2, 0.25) is 0 Å². The number of H-pyrrole nitrogens is 1. The molecular formula is C9H11N3S2. The molecule has 0 fully saturated rings. The molecule has 2 rings (SSSR count). The van der Waals surface area contributed by atoms with Crippen molar-refractivity contribution in [1.82, 2.24) is 9.97 Å². The summed E-state index contributed by atoms with van der Waals surface area (Å²) in [5, 5.41) is 3.25. The van der Waals surface area contributed by atoms with Gasteiger partial charge in [-0.1, -0.05) is 11.3 Å². The Hall–Kier alpha value is -0.940. The van der Waals surface area contributed by atoms with Crippen LogP contribution in [0.1, 0.15) is 13.8 Å². The number of aromatic nitrogens is 2. The molecule has 0 radical (unpaired) electrons. The third-order valence-corrected chi connectivity index (χ3v) is 2.87. The van der Waals surface area contributed by atoms with Crippen LogP contribution < -0.4 is 5.32 Å². The minimum absolute atomic E-state index is 0.395. The lowest BCUT2D eigenvalue weighted by Gasteiger charge is -2.07. The van der Waals surface area contributed by atoms with Crippen LogP contribution in [0.3, 0.4) is 0 Å². The Balaban J connectivity index is 2.45. The van der Waals surface area contributed by atoms with Gasteiger partial charge in [0.15, 0.2) is 3.95 Å². The quantitative estimate of drug-likeness (QED) is 0.771. The molecule has 3 nitrogen and oxygen atoms in total. The average molecular weight is 225 g/mol. The van der Waals surface area contributed by atoms with E-state index in [9.17, 15) is 0 Å². The number of pyridine rings is 1. The topological polar surface area (TPSA) is 40.7 Å². The molecule has 0 saturated heterocycles. The molecule has 0 aliphatic carbocycles. The first-order chi connectivity index (χ1) is 6.65. The summed E-state index contributed by atoms with van der Waals surface area (Å²) < 4.78 is 0.772. The number of nitrogens with one attached hydrogen (secondary N) is 2. The van der Waals surface area contributed by atoms with Crippen LogP contribution in [0.5, 0.6) is 0 Å². The van der Waals surface area contributed by atoms with E-state index in [1.807, 2.05) is 12.1 Å². The summed E-state index contributed by atoms with van der Waals surface area (Å²) in [6, 6.07) is 4.35. The molecule has 0 aromatic carbocycles. The van der Waals surface area contributed by atoms with Crippen LogP contribution in [0.4, 0.5) is 5.82 Å². The Bertz CT molecular complexity index is 498. The third kappa shape index (κ3) is 1.93. The first kappa shape index (κ1) is 9.61. The van der Waals surface area contributed by atoms with Crippen LogP contribution in [0.2, 0.25) is 0 Å². The molecule has 0 aliphatic heterocycles. The lowest BCUT2D eigenvalue weighted by atomic mass is 10.3. The number of fused-ring (bicyclic) bond motifs is 1. The van der Waals surface area contributed by atoms with Gasteiger partial charge in [-0.05, 0) is 38.2 Å². The number of rotatable bonds is 2. The van der Waals surface area contributed by atoms with Gasteiger partial charge in [-0.2, -0.15) is 0 Å². The van der Waals surface area contributed by atoms with Gasteiger partial charge in [-0.3, -0.25) is 0 Å². The Morgan fingerprint density at radius 2 is 2.29 bits per heavy atom. The summed E-state index contributed by atoms with van der Waals surface area (Å²) in [4.78, 5) is 8.49. The lowest BCUT2D eigenvalue weighted by Crippen LogP contribution is -2.10. The average Bonchev–Trinajstić information content (AvgIpc) is 2.42. The molecule has 0 bridgehead atoms. The van der Waals surface area contributed by atoms with Crippen molar-refractivity contribution in [2.75, 3.05) is 5.32 Å². The summed E-state index contributed by atoms with van der Waals surface area (Å²) in [5.41, 5.74) is 1.01. The number of anilines is 1. The highest BCUT2D eigenvalue weighted by atomic mass is 32.1. The maximum Gasteiger partial charge on any atom is 0.160 e. The number of nitrogens with zero attached hydrogens (tertiary/aromatic N) is 1.